The first-order valence-electron chi connectivity index (χ1n) is 9.31. The molecule has 0 atom stereocenters. The number of hydrogen-bond donors (Lipinski definition) is 1. The smallest absolute Gasteiger partial charge is 0.303 e. The standard InChI is InChI=1S/C23H19F2NO4/c24-21(15-7-3-1-4-8-15)17-13-26(19(27)11-12-20(28)29)14-18(23(17)30)22(25)16-9-5-2-6-10-16/h1-10H,11-14H2,(H,28,29). The number of amides is 1. The predicted molar refractivity (Wildman–Crippen MR) is 107 cm³/mol. The molecule has 0 aliphatic carbocycles. The first kappa shape index (κ1) is 21.1. The van der Waals surface area contributed by atoms with Gasteiger partial charge in [0.05, 0.1) is 30.7 Å². The molecular formula is C23H19F2NO4. The van der Waals surface area contributed by atoms with Crippen LogP contribution in [0.4, 0.5) is 8.78 Å². The van der Waals surface area contributed by atoms with E-state index in [1.54, 1.807) is 36.4 Å². The fourth-order valence-corrected chi connectivity index (χ4v) is 3.17. The molecule has 0 spiro atoms. The van der Waals surface area contributed by atoms with Gasteiger partial charge in [0.15, 0.2) is 5.78 Å². The number of halogens is 2. The molecule has 1 fully saturated rings. The van der Waals surface area contributed by atoms with Gasteiger partial charge in [-0.15, -0.1) is 0 Å². The minimum absolute atomic E-state index is 0.139. The molecule has 0 radical (unpaired) electrons. The topological polar surface area (TPSA) is 74.7 Å². The van der Waals surface area contributed by atoms with Crippen molar-refractivity contribution in [3.63, 3.8) is 0 Å². The van der Waals surface area contributed by atoms with Crippen molar-refractivity contribution in [1.29, 1.82) is 0 Å². The van der Waals surface area contributed by atoms with Gasteiger partial charge in [0, 0.05) is 17.5 Å². The number of likely N-dealkylation sites (tertiary alicyclic amines) is 1. The van der Waals surface area contributed by atoms with Gasteiger partial charge in [0.2, 0.25) is 5.91 Å². The van der Waals surface area contributed by atoms with Crippen LogP contribution in [0, 0.1) is 0 Å². The van der Waals surface area contributed by atoms with Crippen LogP contribution in [-0.4, -0.2) is 40.8 Å². The zero-order valence-corrected chi connectivity index (χ0v) is 16.0. The second-order valence-electron chi connectivity index (χ2n) is 6.79. The molecule has 2 aromatic rings. The highest BCUT2D eigenvalue weighted by Gasteiger charge is 2.34. The van der Waals surface area contributed by atoms with Crippen LogP contribution in [0.3, 0.4) is 0 Å². The number of ketones is 1. The molecule has 1 amide bonds. The Balaban J connectivity index is 2.06. The van der Waals surface area contributed by atoms with E-state index in [2.05, 4.69) is 0 Å². The van der Waals surface area contributed by atoms with Crippen molar-refractivity contribution >= 4 is 29.3 Å². The zero-order valence-electron chi connectivity index (χ0n) is 16.0. The van der Waals surface area contributed by atoms with E-state index in [1.807, 2.05) is 0 Å². The van der Waals surface area contributed by atoms with Crippen molar-refractivity contribution in [2.75, 3.05) is 13.1 Å². The van der Waals surface area contributed by atoms with Crippen LogP contribution in [0.2, 0.25) is 0 Å². The number of aliphatic carboxylic acids is 1. The van der Waals surface area contributed by atoms with Crippen molar-refractivity contribution in [2.24, 2.45) is 0 Å². The van der Waals surface area contributed by atoms with E-state index < -0.39 is 35.7 Å². The van der Waals surface area contributed by atoms with Crippen LogP contribution in [-0.2, 0) is 14.4 Å². The molecule has 1 saturated heterocycles. The molecule has 1 aliphatic heterocycles. The summed E-state index contributed by atoms with van der Waals surface area (Å²) in [5.74, 6) is -4.24. The van der Waals surface area contributed by atoms with Crippen molar-refractivity contribution < 1.29 is 28.3 Å². The average molecular weight is 411 g/mol. The second-order valence-corrected chi connectivity index (χ2v) is 6.79. The third-order valence-electron chi connectivity index (χ3n) is 4.74. The Bertz CT molecular complexity index is 962. The number of Topliss-reactive ketones (excluding diaryl/α,β-unsaturated/α-hetero) is 1. The number of carbonyl (C=O) groups excluding carboxylic acids is 2. The van der Waals surface area contributed by atoms with Crippen molar-refractivity contribution in [1.82, 2.24) is 4.90 Å². The van der Waals surface area contributed by atoms with Gasteiger partial charge in [-0.05, 0) is 0 Å². The highest BCUT2D eigenvalue weighted by molar-refractivity contribution is 6.17. The Morgan fingerprint density at radius 1 is 0.800 bits per heavy atom. The molecular weight excluding hydrogens is 392 g/mol. The maximum absolute atomic E-state index is 15.1. The molecule has 154 valence electrons. The Kier molecular flexibility index (Phi) is 6.51. The van der Waals surface area contributed by atoms with E-state index in [9.17, 15) is 14.4 Å². The summed E-state index contributed by atoms with van der Waals surface area (Å²) in [6.45, 7) is -0.715. The summed E-state index contributed by atoms with van der Waals surface area (Å²) in [4.78, 5) is 37.3. The lowest BCUT2D eigenvalue weighted by molar-refractivity contribution is -0.141. The molecule has 0 saturated carbocycles. The van der Waals surface area contributed by atoms with E-state index in [0.717, 1.165) is 4.90 Å². The highest BCUT2D eigenvalue weighted by Crippen LogP contribution is 2.32. The van der Waals surface area contributed by atoms with Crippen LogP contribution >= 0.6 is 0 Å². The summed E-state index contributed by atoms with van der Waals surface area (Å²) in [7, 11) is 0. The van der Waals surface area contributed by atoms with E-state index in [4.69, 9.17) is 5.11 Å². The number of benzene rings is 2. The normalized spacial score (nSPS) is 17.5. The molecule has 7 heteroatoms. The molecule has 0 unspecified atom stereocenters. The van der Waals surface area contributed by atoms with Crippen LogP contribution < -0.4 is 0 Å². The quantitative estimate of drug-likeness (QED) is 0.754. The zero-order chi connectivity index (χ0) is 21.7. The van der Waals surface area contributed by atoms with Crippen molar-refractivity contribution in [3.8, 4) is 0 Å². The van der Waals surface area contributed by atoms with Crippen LogP contribution in [0.25, 0.3) is 11.7 Å². The third kappa shape index (κ3) is 4.68. The van der Waals surface area contributed by atoms with Crippen LogP contribution in [0.15, 0.2) is 71.8 Å². The Morgan fingerprint density at radius 2 is 1.23 bits per heavy atom. The molecule has 0 aromatic heterocycles. The number of carbonyl (C=O) groups is 3. The minimum Gasteiger partial charge on any atom is -0.481 e. The molecule has 0 bridgehead atoms. The highest BCUT2D eigenvalue weighted by atomic mass is 19.1. The summed E-state index contributed by atoms with van der Waals surface area (Å²) in [6, 6.07) is 15.6. The lowest BCUT2D eigenvalue weighted by Gasteiger charge is -2.30. The van der Waals surface area contributed by atoms with Gasteiger partial charge in [-0.1, -0.05) is 60.7 Å². The first-order valence-corrected chi connectivity index (χ1v) is 9.31. The Hall–Kier alpha value is -3.61. The second kappa shape index (κ2) is 9.26. The summed E-state index contributed by atoms with van der Waals surface area (Å²) in [5, 5.41) is 8.82. The minimum atomic E-state index is -1.16. The largest absolute Gasteiger partial charge is 0.481 e. The van der Waals surface area contributed by atoms with Crippen molar-refractivity contribution in [3.05, 3.63) is 82.9 Å². The molecule has 30 heavy (non-hydrogen) atoms. The van der Waals surface area contributed by atoms with E-state index in [0.29, 0.717) is 0 Å². The van der Waals surface area contributed by atoms with E-state index >= 15 is 8.78 Å². The number of hydrogen-bond acceptors (Lipinski definition) is 3. The third-order valence-corrected chi connectivity index (χ3v) is 4.74. The van der Waals surface area contributed by atoms with Crippen molar-refractivity contribution in [2.45, 2.75) is 12.8 Å². The lowest BCUT2D eigenvalue weighted by atomic mass is 9.92. The summed E-state index contributed by atoms with van der Waals surface area (Å²) in [6.07, 6.45) is -0.742. The molecule has 1 heterocycles. The monoisotopic (exact) mass is 411 g/mol. The van der Waals surface area contributed by atoms with Gasteiger partial charge < -0.3 is 10.0 Å². The maximum atomic E-state index is 15.1. The summed E-state index contributed by atoms with van der Waals surface area (Å²) in [5.41, 5.74) is -0.394. The molecule has 1 N–H and O–H groups in total. The maximum Gasteiger partial charge on any atom is 0.303 e. The number of nitrogens with zero attached hydrogens (tertiary/aromatic N) is 1. The van der Waals surface area contributed by atoms with E-state index in [1.165, 1.54) is 24.3 Å². The number of piperidine rings is 1. The van der Waals surface area contributed by atoms with Gasteiger partial charge >= 0.3 is 5.97 Å². The summed E-state index contributed by atoms with van der Waals surface area (Å²) < 4.78 is 30.3. The van der Waals surface area contributed by atoms with Gasteiger partial charge in [-0.3, -0.25) is 14.4 Å². The average Bonchev–Trinajstić information content (AvgIpc) is 2.77. The molecule has 2 aromatic carbocycles. The van der Waals surface area contributed by atoms with Crippen LogP contribution in [0.5, 0.6) is 0 Å². The fourth-order valence-electron chi connectivity index (χ4n) is 3.17. The predicted octanol–water partition coefficient (Wildman–Crippen LogP) is 4.02. The number of rotatable bonds is 5. The lowest BCUT2D eigenvalue weighted by Crippen LogP contribution is -2.42. The fraction of sp³-hybridized carbons (Fsp3) is 0.174. The van der Waals surface area contributed by atoms with Gasteiger partial charge in [0.25, 0.3) is 0 Å². The van der Waals surface area contributed by atoms with Gasteiger partial charge in [-0.25, -0.2) is 8.78 Å². The SMILES string of the molecule is O=C(O)CCC(=O)N1CC(=C(F)c2ccccc2)C(=O)C(=C(F)c2ccccc2)C1. The van der Waals surface area contributed by atoms with Crippen LogP contribution in [0.1, 0.15) is 24.0 Å². The molecule has 3 rings (SSSR count). The van der Waals surface area contributed by atoms with E-state index in [-0.39, 0.29) is 41.8 Å². The van der Waals surface area contributed by atoms with Gasteiger partial charge in [-0.2, -0.15) is 0 Å². The Morgan fingerprint density at radius 3 is 1.63 bits per heavy atom. The molecule has 1 aliphatic rings. The molecule has 5 nitrogen and oxygen atoms in total. The van der Waals surface area contributed by atoms with Gasteiger partial charge in [0.1, 0.15) is 11.7 Å². The number of carboxylic acid groups (broad SMARTS) is 1. The summed E-state index contributed by atoms with van der Waals surface area (Å²) >= 11 is 0. The first-order chi connectivity index (χ1) is 14.4. The Labute approximate surface area is 171 Å². The number of carboxylic acids is 1.